The van der Waals surface area contributed by atoms with Gasteiger partial charge in [-0.2, -0.15) is 0 Å². The highest BCUT2D eigenvalue weighted by molar-refractivity contribution is 6.09. The van der Waals surface area contributed by atoms with Gasteiger partial charge in [0.2, 0.25) is 0 Å². The van der Waals surface area contributed by atoms with Crippen molar-refractivity contribution in [3.63, 3.8) is 0 Å². The highest BCUT2D eigenvalue weighted by atomic mass is 19.1. The molecule has 0 amide bonds. The van der Waals surface area contributed by atoms with Crippen LogP contribution in [0.3, 0.4) is 0 Å². The molecule has 5 heteroatoms. The van der Waals surface area contributed by atoms with Crippen molar-refractivity contribution < 1.29 is 13.5 Å². The number of pyridine rings is 1. The van der Waals surface area contributed by atoms with Crippen molar-refractivity contribution in [3.8, 4) is 28.1 Å². The van der Waals surface area contributed by atoms with Gasteiger partial charge in [-0.15, -0.1) is 0 Å². The Morgan fingerprint density at radius 3 is 2.54 bits per heavy atom. The maximum atomic E-state index is 15.3. The maximum Gasteiger partial charge on any atom is 0.152 e. The Morgan fingerprint density at radius 2 is 1.65 bits per heavy atom. The Hall–Kier alpha value is -3.99. The van der Waals surface area contributed by atoms with E-state index in [-0.39, 0.29) is 5.52 Å². The monoisotopic (exact) mass is 494 g/mol. The normalized spacial score (nSPS) is 15.8. The zero-order chi connectivity index (χ0) is 25.4. The Bertz CT molecular complexity index is 1650. The number of allylic oxidation sites excluding steroid dienone is 2. The number of hydrogen-bond donors (Lipinski definition) is 1. The number of ether oxygens (including phenoxy) is 1. The fourth-order valence-electron chi connectivity index (χ4n) is 5.53. The average Bonchev–Trinajstić information content (AvgIpc) is 3.27. The van der Waals surface area contributed by atoms with E-state index in [0.717, 1.165) is 58.6 Å². The third-order valence-electron chi connectivity index (χ3n) is 7.30. The van der Waals surface area contributed by atoms with Crippen LogP contribution in [0.5, 0.6) is 5.75 Å². The van der Waals surface area contributed by atoms with E-state index >= 15 is 4.39 Å². The number of halogens is 2. The molecule has 0 saturated heterocycles. The Kier molecular flexibility index (Phi) is 6.21. The second-order valence-electron chi connectivity index (χ2n) is 9.64. The lowest BCUT2D eigenvalue weighted by Gasteiger charge is -2.16. The summed E-state index contributed by atoms with van der Waals surface area (Å²) in [6.07, 6.45) is 9.07. The average molecular weight is 495 g/mol. The molecular weight excluding hydrogens is 466 g/mol. The number of hydrogen-bond acceptors (Lipinski definition) is 2. The summed E-state index contributed by atoms with van der Waals surface area (Å²) >= 11 is 0. The number of aromatic nitrogens is 2. The van der Waals surface area contributed by atoms with Gasteiger partial charge < -0.3 is 9.72 Å². The number of fused-ring (bicyclic) bond motifs is 2. The Morgan fingerprint density at radius 1 is 0.838 bits per heavy atom. The molecule has 0 atom stereocenters. The van der Waals surface area contributed by atoms with Crippen LogP contribution in [0.25, 0.3) is 49.8 Å². The predicted octanol–water partition coefficient (Wildman–Crippen LogP) is 9.07. The van der Waals surface area contributed by atoms with Gasteiger partial charge in [0, 0.05) is 33.5 Å². The maximum absolute atomic E-state index is 15.3. The number of H-pyrrole nitrogens is 1. The number of aromatic amines is 1. The summed E-state index contributed by atoms with van der Waals surface area (Å²) in [6, 6.07) is 19.9. The summed E-state index contributed by atoms with van der Waals surface area (Å²) in [4.78, 5) is 8.32. The second kappa shape index (κ2) is 9.81. The summed E-state index contributed by atoms with van der Waals surface area (Å²) in [5.41, 5.74) is 6.45. The lowest BCUT2D eigenvalue weighted by atomic mass is 9.90. The van der Waals surface area contributed by atoms with Crippen LogP contribution in [0.2, 0.25) is 0 Å². The standard InChI is InChI=1S/C32H28F2N2O/c1-37-29-16-10-8-13-22(29)28-19-24(25-17-21(33)18-26(34)32(25)36-28)30-23-14-7-9-15-27(23)35-31(30)20-11-5-3-2-4-6-12-20/h7-11,13-19,35H,2-6,12H2,1H3/b20-11+. The predicted molar refractivity (Wildman–Crippen MR) is 147 cm³/mol. The fourth-order valence-corrected chi connectivity index (χ4v) is 5.53. The van der Waals surface area contributed by atoms with E-state index in [9.17, 15) is 4.39 Å². The Labute approximate surface area is 214 Å². The fraction of sp³-hybridized carbons (Fsp3) is 0.219. The molecule has 0 fully saturated rings. The van der Waals surface area contributed by atoms with Crippen LogP contribution in [0.4, 0.5) is 8.78 Å². The van der Waals surface area contributed by atoms with Crippen LogP contribution >= 0.6 is 0 Å². The number of rotatable bonds is 4. The molecule has 3 aromatic carbocycles. The van der Waals surface area contributed by atoms with Gasteiger partial charge >= 0.3 is 0 Å². The van der Waals surface area contributed by atoms with Gasteiger partial charge in [0.15, 0.2) is 5.82 Å². The zero-order valence-corrected chi connectivity index (χ0v) is 20.8. The van der Waals surface area contributed by atoms with Crippen LogP contribution in [-0.4, -0.2) is 17.1 Å². The van der Waals surface area contributed by atoms with E-state index in [1.807, 2.05) is 42.5 Å². The van der Waals surface area contributed by atoms with Crippen molar-refractivity contribution in [2.75, 3.05) is 7.11 Å². The van der Waals surface area contributed by atoms with Gasteiger partial charge in [0.1, 0.15) is 17.1 Å². The van der Waals surface area contributed by atoms with E-state index in [2.05, 4.69) is 28.2 Å². The number of para-hydroxylation sites is 2. The molecule has 0 radical (unpaired) electrons. The number of nitrogens with one attached hydrogen (secondary N) is 1. The molecule has 3 nitrogen and oxygen atoms in total. The summed E-state index contributed by atoms with van der Waals surface area (Å²) < 4.78 is 35.5. The van der Waals surface area contributed by atoms with Crippen LogP contribution in [0.15, 0.2) is 72.8 Å². The largest absolute Gasteiger partial charge is 0.496 e. The molecule has 37 heavy (non-hydrogen) atoms. The molecule has 0 bridgehead atoms. The summed E-state index contributed by atoms with van der Waals surface area (Å²) in [5.74, 6) is -0.658. The van der Waals surface area contributed by atoms with Gasteiger partial charge in [-0.3, -0.25) is 0 Å². The number of methoxy groups -OCH3 is 1. The summed E-state index contributed by atoms with van der Waals surface area (Å²) in [6.45, 7) is 0. The van der Waals surface area contributed by atoms with Crippen molar-refractivity contribution in [1.29, 1.82) is 0 Å². The first-order chi connectivity index (χ1) is 18.1. The van der Waals surface area contributed by atoms with E-state index in [1.54, 1.807) is 7.11 Å². The van der Waals surface area contributed by atoms with E-state index < -0.39 is 11.6 Å². The molecule has 1 N–H and O–H groups in total. The van der Waals surface area contributed by atoms with E-state index in [4.69, 9.17) is 4.74 Å². The van der Waals surface area contributed by atoms with Gasteiger partial charge in [0.25, 0.3) is 0 Å². The molecule has 186 valence electrons. The zero-order valence-electron chi connectivity index (χ0n) is 20.8. The first-order valence-electron chi connectivity index (χ1n) is 12.9. The first kappa shape index (κ1) is 23.4. The minimum atomic E-state index is -0.681. The topological polar surface area (TPSA) is 37.9 Å². The highest BCUT2D eigenvalue weighted by Gasteiger charge is 2.22. The molecule has 0 saturated carbocycles. The van der Waals surface area contributed by atoms with Crippen molar-refractivity contribution in [2.24, 2.45) is 0 Å². The lowest BCUT2D eigenvalue weighted by Crippen LogP contribution is -1.98. The molecule has 0 spiro atoms. The molecule has 1 aliphatic rings. The minimum Gasteiger partial charge on any atom is -0.496 e. The summed E-state index contributed by atoms with van der Waals surface area (Å²) in [7, 11) is 1.61. The number of nitrogens with zero attached hydrogens (tertiary/aromatic N) is 1. The first-order valence-corrected chi connectivity index (χ1v) is 12.9. The third-order valence-corrected chi connectivity index (χ3v) is 7.30. The molecule has 0 aliphatic heterocycles. The van der Waals surface area contributed by atoms with Crippen LogP contribution in [-0.2, 0) is 0 Å². The highest BCUT2D eigenvalue weighted by Crippen LogP contribution is 2.43. The van der Waals surface area contributed by atoms with Gasteiger partial charge in [-0.1, -0.05) is 49.2 Å². The van der Waals surface area contributed by atoms with Crippen molar-refractivity contribution in [3.05, 3.63) is 90.1 Å². The van der Waals surface area contributed by atoms with E-state index in [1.165, 1.54) is 30.9 Å². The second-order valence-corrected chi connectivity index (χ2v) is 9.64. The smallest absolute Gasteiger partial charge is 0.152 e. The van der Waals surface area contributed by atoms with Gasteiger partial charge in [-0.05, 0) is 67.2 Å². The molecule has 0 unspecified atom stereocenters. The van der Waals surface area contributed by atoms with Crippen molar-refractivity contribution in [1.82, 2.24) is 9.97 Å². The van der Waals surface area contributed by atoms with Crippen molar-refractivity contribution >= 4 is 27.4 Å². The van der Waals surface area contributed by atoms with Crippen molar-refractivity contribution in [2.45, 2.75) is 38.5 Å². The molecular formula is C32H28F2N2O. The lowest BCUT2D eigenvalue weighted by molar-refractivity contribution is 0.416. The number of benzene rings is 3. The van der Waals surface area contributed by atoms with E-state index in [0.29, 0.717) is 16.8 Å². The van der Waals surface area contributed by atoms with Crippen LogP contribution in [0, 0.1) is 11.6 Å². The quantitative estimate of drug-likeness (QED) is 0.271. The summed E-state index contributed by atoms with van der Waals surface area (Å²) in [5, 5.41) is 1.47. The molecule has 1 aliphatic carbocycles. The molecule has 2 aromatic heterocycles. The molecule has 5 aromatic rings. The van der Waals surface area contributed by atoms with Crippen LogP contribution in [0.1, 0.15) is 44.2 Å². The Balaban J connectivity index is 1.71. The minimum absolute atomic E-state index is 0.141. The SMILES string of the molecule is COc1ccccc1-c1cc(-c2c(/C3=C/CCCCCC3)[nH]c3ccccc23)c2cc(F)cc(F)c2n1. The molecule has 2 heterocycles. The van der Waals surface area contributed by atoms with Gasteiger partial charge in [-0.25, -0.2) is 13.8 Å². The molecule has 6 rings (SSSR count). The third kappa shape index (κ3) is 4.29. The van der Waals surface area contributed by atoms with Crippen LogP contribution < -0.4 is 4.74 Å². The van der Waals surface area contributed by atoms with Gasteiger partial charge in [0.05, 0.1) is 18.5 Å².